The monoisotopic (exact) mass is 224 g/mol. The van der Waals surface area contributed by atoms with Crippen molar-refractivity contribution in [1.82, 2.24) is 15.0 Å². The third-order valence-electron chi connectivity index (χ3n) is 2.95. The summed E-state index contributed by atoms with van der Waals surface area (Å²) in [6.07, 6.45) is 6.55. The lowest BCUT2D eigenvalue weighted by atomic mass is 10.1. The molecule has 0 radical (unpaired) electrons. The zero-order chi connectivity index (χ0) is 11.4. The second-order valence-electron chi connectivity index (χ2n) is 4.40. The van der Waals surface area contributed by atoms with E-state index in [1.54, 1.807) is 0 Å². The van der Waals surface area contributed by atoms with Crippen LogP contribution in [0, 0.1) is 0 Å². The molecule has 2 unspecified atom stereocenters. The van der Waals surface area contributed by atoms with E-state index in [0.717, 1.165) is 44.5 Å². The van der Waals surface area contributed by atoms with E-state index in [4.69, 9.17) is 10.5 Å². The lowest BCUT2D eigenvalue weighted by molar-refractivity contribution is 0.0935. The average Bonchev–Trinajstić information content (AvgIpc) is 2.90. The number of ether oxygens (including phenoxy) is 1. The minimum Gasteiger partial charge on any atom is -0.376 e. The van der Waals surface area contributed by atoms with Gasteiger partial charge in [-0.25, -0.2) is 4.68 Å². The molecule has 0 saturated carbocycles. The van der Waals surface area contributed by atoms with Crippen LogP contribution in [0.15, 0.2) is 6.20 Å². The predicted molar refractivity (Wildman–Crippen MR) is 60.8 cm³/mol. The van der Waals surface area contributed by atoms with Crippen LogP contribution in [0.4, 0.5) is 0 Å². The fourth-order valence-corrected chi connectivity index (χ4v) is 2.03. The largest absolute Gasteiger partial charge is 0.376 e. The summed E-state index contributed by atoms with van der Waals surface area (Å²) >= 11 is 0. The molecule has 1 aromatic rings. The molecule has 1 aliphatic rings. The van der Waals surface area contributed by atoms with Gasteiger partial charge in [-0.3, -0.25) is 0 Å². The standard InChI is InChI=1S/C11H20N4O/c1-2-4-10(12)11-8-15(14-13-11)7-9-5-3-6-16-9/h8-10H,2-7,12H2,1H3. The van der Waals surface area contributed by atoms with Crippen LogP contribution in [-0.2, 0) is 11.3 Å². The van der Waals surface area contributed by atoms with Crippen LogP contribution in [0.2, 0.25) is 0 Å². The molecule has 5 heteroatoms. The van der Waals surface area contributed by atoms with Crippen molar-refractivity contribution in [1.29, 1.82) is 0 Å². The third-order valence-corrected chi connectivity index (χ3v) is 2.95. The molecular weight excluding hydrogens is 204 g/mol. The molecule has 90 valence electrons. The van der Waals surface area contributed by atoms with Crippen LogP contribution in [0.5, 0.6) is 0 Å². The summed E-state index contributed by atoms with van der Waals surface area (Å²) in [6, 6.07) is 0.0169. The fraction of sp³-hybridized carbons (Fsp3) is 0.818. The predicted octanol–water partition coefficient (Wildman–Crippen LogP) is 1.26. The topological polar surface area (TPSA) is 66.0 Å². The quantitative estimate of drug-likeness (QED) is 0.817. The molecule has 2 N–H and O–H groups in total. The van der Waals surface area contributed by atoms with Gasteiger partial charge in [0, 0.05) is 6.61 Å². The normalized spacial score (nSPS) is 22.5. The van der Waals surface area contributed by atoms with E-state index in [0.29, 0.717) is 6.10 Å². The van der Waals surface area contributed by atoms with Crippen molar-refractivity contribution in [2.75, 3.05) is 6.61 Å². The molecule has 1 aromatic heterocycles. The summed E-state index contributed by atoms with van der Waals surface area (Å²) in [5.41, 5.74) is 6.87. The van der Waals surface area contributed by atoms with Crippen LogP contribution < -0.4 is 5.73 Å². The van der Waals surface area contributed by atoms with Crippen molar-refractivity contribution in [3.05, 3.63) is 11.9 Å². The maximum atomic E-state index is 5.98. The molecule has 16 heavy (non-hydrogen) atoms. The minimum atomic E-state index is 0.0169. The van der Waals surface area contributed by atoms with Gasteiger partial charge in [0.2, 0.25) is 0 Å². The smallest absolute Gasteiger partial charge is 0.0994 e. The average molecular weight is 224 g/mol. The van der Waals surface area contributed by atoms with Gasteiger partial charge in [0.05, 0.1) is 30.6 Å². The summed E-state index contributed by atoms with van der Waals surface area (Å²) in [4.78, 5) is 0. The number of hydrogen-bond acceptors (Lipinski definition) is 4. The van der Waals surface area contributed by atoms with E-state index in [2.05, 4.69) is 17.2 Å². The molecule has 2 rings (SSSR count). The Bertz CT molecular complexity index is 320. The molecular formula is C11H20N4O. The lowest BCUT2D eigenvalue weighted by Crippen LogP contribution is -2.15. The van der Waals surface area contributed by atoms with Gasteiger partial charge in [-0.2, -0.15) is 0 Å². The Labute approximate surface area is 96.0 Å². The highest BCUT2D eigenvalue weighted by Crippen LogP contribution is 2.15. The number of nitrogens with two attached hydrogens (primary N) is 1. The number of nitrogens with zero attached hydrogens (tertiary/aromatic N) is 3. The zero-order valence-corrected chi connectivity index (χ0v) is 9.80. The van der Waals surface area contributed by atoms with Crippen molar-refractivity contribution in [2.24, 2.45) is 5.73 Å². The van der Waals surface area contributed by atoms with Gasteiger partial charge in [-0.1, -0.05) is 18.6 Å². The Kier molecular flexibility index (Phi) is 3.90. The van der Waals surface area contributed by atoms with Gasteiger partial charge >= 0.3 is 0 Å². The Morgan fingerprint density at radius 3 is 3.25 bits per heavy atom. The number of aromatic nitrogens is 3. The highest BCUT2D eigenvalue weighted by Gasteiger charge is 2.17. The molecule has 1 fully saturated rings. The van der Waals surface area contributed by atoms with E-state index >= 15 is 0 Å². The first-order valence-corrected chi connectivity index (χ1v) is 6.06. The molecule has 0 aromatic carbocycles. The van der Waals surface area contributed by atoms with Crippen molar-refractivity contribution in [3.63, 3.8) is 0 Å². The maximum absolute atomic E-state index is 5.98. The van der Waals surface area contributed by atoms with Gasteiger partial charge in [0.25, 0.3) is 0 Å². The van der Waals surface area contributed by atoms with Crippen LogP contribution >= 0.6 is 0 Å². The van der Waals surface area contributed by atoms with Gasteiger partial charge in [-0.05, 0) is 19.3 Å². The highest BCUT2D eigenvalue weighted by molar-refractivity contribution is 4.99. The van der Waals surface area contributed by atoms with E-state index in [-0.39, 0.29) is 6.04 Å². The van der Waals surface area contributed by atoms with Gasteiger partial charge in [0.15, 0.2) is 0 Å². The molecule has 0 amide bonds. The van der Waals surface area contributed by atoms with E-state index in [1.807, 2.05) is 10.9 Å². The Balaban J connectivity index is 1.90. The molecule has 2 heterocycles. The second kappa shape index (κ2) is 5.41. The van der Waals surface area contributed by atoms with Gasteiger partial charge in [0.1, 0.15) is 0 Å². The van der Waals surface area contributed by atoms with Crippen LogP contribution in [-0.4, -0.2) is 27.7 Å². The van der Waals surface area contributed by atoms with Crippen molar-refractivity contribution in [2.45, 2.75) is 51.3 Å². The molecule has 5 nitrogen and oxygen atoms in total. The number of hydrogen-bond donors (Lipinski definition) is 1. The summed E-state index contributed by atoms with van der Waals surface area (Å²) in [6.45, 7) is 3.80. The summed E-state index contributed by atoms with van der Waals surface area (Å²) in [5.74, 6) is 0. The van der Waals surface area contributed by atoms with E-state index in [1.165, 1.54) is 0 Å². The highest BCUT2D eigenvalue weighted by atomic mass is 16.5. The first-order valence-electron chi connectivity index (χ1n) is 6.06. The van der Waals surface area contributed by atoms with Gasteiger partial charge in [-0.15, -0.1) is 5.10 Å². The molecule has 2 atom stereocenters. The molecule has 0 spiro atoms. The zero-order valence-electron chi connectivity index (χ0n) is 9.80. The maximum Gasteiger partial charge on any atom is 0.0994 e. The molecule has 0 bridgehead atoms. The van der Waals surface area contributed by atoms with Crippen molar-refractivity contribution >= 4 is 0 Å². The van der Waals surface area contributed by atoms with Gasteiger partial charge < -0.3 is 10.5 Å². The molecule has 1 saturated heterocycles. The van der Waals surface area contributed by atoms with Crippen molar-refractivity contribution < 1.29 is 4.74 Å². The first kappa shape index (κ1) is 11.5. The minimum absolute atomic E-state index is 0.0169. The Morgan fingerprint density at radius 2 is 2.56 bits per heavy atom. The fourth-order valence-electron chi connectivity index (χ4n) is 2.03. The van der Waals surface area contributed by atoms with Crippen LogP contribution in [0.25, 0.3) is 0 Å². The first-order chi connectivity index (χ1) is 7.79. The summed E-state index contributed by atoms with van der Waals surface area (Å²) < 4.78 is 7.40. The number of rotatable bonds is 5. The van der Waals surface area contributed by atoms with E-state index < -0.39 is 0 Å². The molecule has 1 aliphatic heterocycles. The summed E-state index contributed by atoms with van der Waals surface area (Å²) in [5, 5.41) is 8.20. The molecule has 0 aliphatic carbocycles. The van der Waals surface area contributed by atoms with Crippen molar-refractivity contribution in [3.8, 4) is 0 Å². The third kappa shape index (κ3) is 2.80. The summed E-state index contributed by atoms with van der Waals surface area (Å²) in [7, 11) is 0. The lowest BCUT2D eigenvalue weighted by Gasteiger charge is -2.08. The second-order valence-corrected chi connectivity index (χ2v) is 4.40. The van der Waals surface area contributed by atoms with Crippen LogP contribution in [0.3, 0.4) is 0 Å². The van der Waals surface area contributed by atoms with Crippen LogP contribution in [0.1, 0.15) is 44.3 Å². The SMILES string of the molecule is CCCC(N)c1cn(CC2CCCO2)nn1. The Hall–Kier alpha value is -0.940. The van der Waals surface area contributed by atoms with E-state index in [9.17, 15) is 0 Å². The Morgan fingerprint density at radius 1 is 1.69 bits per heavy atom.